The quantitative estimate of drug-likeness (QED) is 0.293. The number of aliphatic imine (C=N–C) groups is 1. The molecule has 0 aliphatic carbocycles. The van der Waals surface area contributed by atoms with Gasteiger partial charge in [-0.05, 0) is 54.5 Å². The van der Waals surface area contributed by atoms with Crippen LogP contribution in [0.1, 0.15) is 16.0 Å². The highest BCUT2D eigenvalue weighted by Gasteiger charge is 2.35. The lowest BCUT2D eigenvalue weighted by Crippen LogP contribution is -2.32. The number of hydrogen-bond acceptors (Lipinski definition) is 5. The van der Waals surface area contributed by atoms with Crippen molar-refractivity contribution in [1.82, 2.24) is 0 Å². The van der Waals surface area contributed by atoms with Crippen molar-refractivity contribution < 1.29 is 14.3 Å². The number of anilines is 1. The maximum atomic E-state index is 13.7. The Hall–Kier alpha value is -3.61. The second-order valence-corrected chi connectivity index (χ2v) is 9.23. The third-order valence-electron chi connectivity index (χ3n) is 5.57. The predicted octanol–water partition coefficient (Wildman–Crippen LogP) is 6.71. The van der Waals surface area contributed by atoms with Gasteiger partial charge in [0, 0.05) is 10.1 Å². The van der Waals surface area contributed by atoms with Gasteiger partial charge in [0.2, 0.25) is 0 Å². The van der Waals surface area contributed by atoms with Crippen molar-refractivity contribution >= 4 is 56.5 Å². The number of fused-ring (bicyclic) bond motifs is 1. The van der Waals surface area contributed by atoms with E-state index < -0.39 is 0 Å². The number of benzene rings is 3. The van der Waals surface area contributed by atoms with E-state index in [2.05, 4.69) is 0 Å². The highest BCUT2D eigenvalue weighted by Crippen LogP contribution is 2.39. The molecule has 0 saturated carbocycles. The van der Waals surface area contributed by atoms with Crippen LogP contribution >= 0.6 is 22.9 Å². The van der Waals surface area contributed by atoms with E-state index in [-0.39, 0.29) is 5.91 Å². The second-order valence-electron chi connectivity index (χ2n) is 7.80. The fourth-order valence-electron chi connectivity index (χ4n) is 3.93. The molecule has 5 nitrogen and oxygen atoms in total. The van der Waals surface area contributed by atoms with Crippen LogP contribution in [0.25, 0.3) is 16.2 Å². The number of carbonyl (C=O) groups is 1. The van der Waals surface area contributed by atoms with Crippen LogP contribution in [0, 0.1) is 6.92 Å². The predicted molar refractivity (Wildman–Crippen MR) is 140 cm³/mol. The minimum Gasteiger partial charge on any atom is -0.493 e. The SMILES string of the molecule is COc1ccc(/C=C2/N=C(c3sc4ccccc4c3Cl)N(c3cccc(C)c3)C2=O)cc1OC. The first-order valence-corrected chi connectivity index (χ1v) is 11.8. The van der Waals surface area contributed by atoms with Crippen LogP contribution in [0.2, 0.25) is 5.02 Å². The fourth-order valence-corrected chi connectivity index (χ4v) is 5.43. The minimum absolute atomic E-state index is 0.219. The first kappa shape index (κ1) is 22.2. The van der Waals surface area contributed by atoms with Gasteiger partial charge in [0.05, 0.1) is 29.8 Å². The maximum absolute atomic E-state index is 13.7. The Kier molecular flexibility index (Phi) is 5.86. The van der Waals surface area contributed by atoms with Gasteiger partial charge < -0.3 is 9.47 Å². The lowest BCUT2D eigenvalue weighted by molar-refractivity contribution is -0.113. The molecular weight excluding hydrogens is 468 g/mol. The van der Waals surface area contributed by atoms with Crippen molar-refractivity contribution in [3.05, 3.63) is 93.5 Å². The summed E-state index contributed by atoms with van der Waals surface area (Å²) in [6, 6.07) is 21.2. The van der Waals surface area contributed by atoms with Crippen LogP contribution in [0.15, 0.2) is 77.4 Å². The van der Waals surface area contributed by atoms with E-state index in [0.29, 0.717) is 28.1 Å². The molecule has 4 aromatic rings. The van der Waals surface area contributed by atoms with Crippen molar-refractivity contribution in [2.24, 2.45) is 4.99 Å². The Bertz CT molecular complexity index is 1490. The summed E-state index contributed by atoms with van der Waals surface area (Å²) in [6.45, 7) is 1.99. The van der Waals surface area contributed by atoms with E-state index in [9.17, 15) is 4.79 Å². The zero-order valence-electron chi connectivity index (χ0n) is 18.8. The normalized spacial score (nSPS) is 14.7. The van der Waals surface area contributed by atoms with Crippen LogP contribution < -0.4 is 14.4 Å². The Balaban J connectivity index is 1.67. The minimum atomic E-state index is -0.219. The third kappa shape index (κ3) is 3.85. The maximum Gasteiger partial charge on any atom is 0.282 e. The van der Waals surface area contributed by atoms with Gasteiger partial charge in [-0.3, -0.25) is 9.69 Å². The van der Waals surface area contributed by atoms with Gasteiger partial charge in [-0.15, -0.1) is 11.3 Å². The summed E-state index contributed by atoms with van der Waals surface area (Å²) < 4.78 is 11.8. The van der Waals surface area contributed by atoms with Gasteiger partial charge in [0.1, 0.15) is 5.70 Å². The summed E-state index contributed by atoms with van der Waals surface area (Å²) in [5.74, 6) is 1.50. The van der Waals surface area contributed by atoms with E-state index >= 15 is 0 Å². The number of amides is 1. The topological polar surface area (TPSA) is 51.1 Å². The molecule has 7 heteroatoms. The van der Waals surface area contributed by atoms with Crippen molar-refractivity contribution in [1.29, 1.82) is 0 Å². The number of carbonyl (C=O) groups excluding carboxylic acids is 1. The third-order valence-corrected chi connectivity index (χ3v) is 7.24. The molecule has 1 aromatic heterocycles. The van der Waals surface area contributed by atoms with Crippen molar-refractivity contribution in [2.75, 3.05) is 19.1 Å². The Morgan fingerprint density at radius 1 is 0.971 bits per heavy atom. The van der Waals surface area contributed by atoms with Crippen LogP contribution in [0.3, 0.4) is 0 Å². The van der Waals surface area contributed by atoms with Crippen LogP contribution in [0.4, 0.5) is 5.69 Å². The summed E-state index contributed by atoms with van der Waals surface area (Å²) >= 11 is 8.32. The molecule has 0 bridgehead atoms. The van der Waals surface area contributed by atoms with E-state index in [4.69, 9.17) is 26.1 Å². The van der Waals surface area contributed by atoms with Gasteiger partial charge in [0.25, 0.3) is 5.91 Å². The van der Waals surface area contributed by atoms with Crippen molar-refractivity contribution in [3.63, 3.8) is 0 Å². The summed E-state index contributed by atoms with van der Waals surface area (Å²) in [7, 11) is 3.16. The first-order valence-electron chi connectivity index (χ1n) is 10.6. The molecule has 2 heterocycles. The molecule has 1 amide bonds. The summed E-state index contributed by atoms with van der Waals surface area (Å²) in [4.78, 5) is 20.8. The van der Waals surface area contributed by atoms with Gasteiger partial charge in [0.15, 0.2) is 17.3 Å². The smallest absolute Gasteiger partial charge is 0.282 e. The van der Waals surface area contributed by atoms with Gasteiger partial charge >= 0.3 is 0 Å². The number of nitrogens with zero attached hydrogens (tertiary/aromatic N) is 2. The average Bonchev–Trinajstić information content (AvgIpc) is 3.35. The summed E-state index contributed by atoms with van der Waals surface area (Å²) in [5.41, 5.74) is 2.88. The molecule has 1 aliphatic rings. The largest absolute Gasteiger partial charge is 0.493 e. The number of aryl methyl sites for hydroxylation is 1. The Labute approximate surface area is 206 Å². The van der Waals surface area contributed by atoms with Gasteiger partial charge in [-0.25, -0.2) is 4.99 Å². The standard InChI is InChI=1S/C27H21ClN2O3S/c1-16-7-6-8-18(13-16)30-26(25-24(28)19-9-4-5-10-23(19)34-25)29-20(27(30)31)14-17-11-12-21(32-2)22(15-17)33-3/h4-15H,1-3H3/b20-14+. The molecule has 5 rings (SSSR count). The molecule has 34 heavy (non-hydrogen) atoms. The number of rotatable bonds is 5. The Morgan fingerprint density at radius 3 is 2.50 bits per heavy atom. The van der Waals surface area contributed by atoms with Crippen molar-refractivity contribution in [3.8, 4) is 11.5 Å². The number of methoxy groups -OCH3 is 2. The average molecular weight is 489 g/mol. The number of halogens is 1. The van der Waals surface area contributed by atoms with E-state index in [1.165, 1.54) is 11.3 Å². The molecule has 0 fully saturated rings. The van der Waals surface area contributed by atoms with E-state index in [1.807, 2.05) is 67.6 Å². The summed E-state index contributed by atoms with van der Waals surface area (Å²) in [5, 5.41) is 1.54. The molecule has 0 radical (unpaired) electrons. The monoisotopic (exact) mass is 488 g/mol. The zero-order valence-corrected chi connectivity index (χ0v) is 20.4. The molecule has 1 aliphatic heterocycles. The molecule has 170 valence electrons. The fraction of sp³-hybridized carbons (Fsp3) is 0.111. The molecule has 0 atom stereocenters. The molecule has 0 saturated heterocycles. The second kappa shape index (κ2) is 8.97. The number of hydrogen-bond donors (Lipinski definition) is 0. The summed E-state index contributed by atoms with van der Waals surface area (Å²) in [6.07, 6.45) is 1.75. The van der Waals surface area contributed by atoms with Gasteiger partial charge in [-0.2, -0.15) is 0 Å². The van der Waals surface area contributed by atoms with Crippen LogP contribution in [0.5, 0.6) is 11.5 Å². The number of amidine groups is 1. The van der Waals surface area contributed by atoms with Crippen LogP contribution in [-0.4, -0.2) is 26.0 Å². The number of ether oxygens (including phenoxy) is 2. The van der Waals surface area contributed by atoms with Gasteiger partial charge in [-0.1, -0.05) is 48.0 Å². The zero-order chi connectivity index (χ0) is 23.8. The van der Waals surface area contributed by atoms with E-state index in [0.717, 1.165) is 31.8 Å². The first-order chi connectivity index (χ1) is 16.5. The molecule has 3 aromatic carbocycles. The number of thiophene rings is 1. The molecular formula is C27H21ClN2O3S. The van der Waals surface area contributed by atoms with Crippen LogP contribution in [-0.2, 0) is 4.79 Å². The molecule has 0 N–H and O–H groups in total. The highest BCUT2D eigenvalue weighted by atomic mass is 35.5. The Morgan fingerprint density at radius 2 is 1.76 bits per heavy atom. The lowest BCUT2D eigenvalue weighted by atomic mass is 10.1. The molecule has 0 unspecified atom stereocenters. The molecule has 0 spiro atoms. The highest BCUT2D eigenvalue weighted by molar-refractivity contribution is 7.21. The van der Waals surface area contributed by atoms with Crippen molar-refractivity contribution in [2.45, 2.75) is 6.92 Å². The lowest BCUT2D eigenvalue weighted by Gasteiger charge is -2.18. The van der Waals surface area contributed by atoms with E-state index in [1.54, 1.807) is 31.3 Å².